The number of hydrogen-bond donors (Lipinski definition) is 0. The average Bonchev–Trinajstić information content (AvgIpc) is 2.82. The highest BCUT2D eigenvalue weighted by molar-refractivity contribution is 5.93. The Kier molecular flexibility index (Phi) is 7.38. The molecule has 3 aromatic rings. The van der Waals surface area contributed by atoms with Crippen LogP contribution in [0.1, 0.15) is 33.1 Å². The Morgan fingerprint density at radius 2 is 1.62 bits per heavy atom. The fourth-order valence-corrected chi connectivity index (χ4v) is 4.48. The van der Waals surface area contributed by atoms with E-state index in [0.29, 0.717) is 6.42 Å². The molecule has 1 aliphatic rings. The molecule has 5 nitrogen and oxygen atoms in total. The van der Waals surface area contributed by atoms with Gasteiger partial charge in [-0.1, -0.05) is 36.4 Å². The molecule has 5 heteroatoms. The topological polar surface area (TPSA) is 39.7 Å². The second-order valence-electron chi connectivity index (χ2n) is 8.84. The zero-order valence-corrected chi connectivity index (χ0v) is 19.3. The van der Waals surface area contributed by atoms with Gasteiger partial charge in [0.1, 0.15) is 5.82 Å². The maximum absolute atomic E-state index is 12.8. The zero-order valence-electron chi connectivity index (χ0n) is 19.3. The van der Waals surface area contributed by atoms with Gasteiger partial charge in [-0.2, -0.15) is 0 Å². The molecule has 0 atom stereocenters. The third-order valence-electron chi connectivity index (χ3n) is 6.21. The minimum atomic E-state index is 0.168. The Labute approximate surface area is 191 Å². The van der Waals surface area contributed by atoms with Crippen molar-refractivity contribution in [2.24, 2.45) is 0 Å². The van der Waals surface area contributed by atoms with Crippen LogP contribution in [0.4, 0.5) is 11.5 Å². The Hall–Kier alpha value is -2.92. The Bertz CT molecular complexity index is 1010. The number of aromatic nitrogens is 1. The van der Waals surface area contributed by atoms with Crippen molar-refractivity contribution in [3.63, 3.8) is 0 Å². The van der Waals surface area contributed by atoms with Crippen LogP contribution in [0.2, 0.25) is 0 Å². The smallest absolute Gasteiger partial charge is 0.227 e. The summed E-state index contributed by atoms with van der Waals surface area (Å²) in [6.07, 6.45) is 2.59. The molecule has 1 fully saturated rings. The minimum absolute atomic E-state index is 0.168. The quantitative estimate of drug-likeness (QED) is 0.473. The lowest BCUT2D eigenvalue weighted by molar-refractivity contribution is -0.119. The standard InChI is InChI=1S/C27H34N4O/c1-22(2)31(24-11-4-3-5-12-24)27(32)14-8-9-17-29-18-20-30(21-19-29)26-16-15-23-10-6-7-13-25(23)28-26/h3-7,10-13,15-16,22H,8-9,14,17-21H2,1-2H3. The highest BCUT2D eigenvalue weighted by atomic mass is 16.2. The number of rotatable bonds is 8. The molecule has 4 rings (SSSR count). The van der Waals surface area contributed by atoms with Gasteiger partial charge in [-0.05, 0) is 63.6 Å². The molecule has 0 radical (unpaired) electrons. The second-order valence-corrected chi connectivity index (χ2v) is 8.84. The fraction of sp³-hybridized carbons (Fsp3) is 0.407. The molecule has 2 aromatic carbocycles. The Morgan fingerprint density at radius 3 is 2.38 bits per heavy atom. The molecule has 1 saturated heterocycles. The summed E-state index contributed by atoms with van der Waals surface area (Å²) < 4.78 is 0. The molecule has 168 valence electrons. The number of carbonyl (C=O) groups excluding carboxylic acids is 1. The summed E-state index contributed by atoms with van der Waals surface area (Å²) >= 11 is 0. The van der Waals surface area contributed by atoms with Crippen molar-refractivity contribution >= 4 is 28.3 Å². The average molecular weight is 431 g/mol. The molecule has 1 amide bonds. The molecule has 0 saturated carbocycles. The van der Waals surface area contributed by atoms with E-state index < -0.39 is 0 Å². The number of pyridine rings is 1. The molecule has 0 N–H and O–H groups in total. The molecule has 2 heterocycles. The second kappa shape index (κ2) is 10.6. The molecule has 1 aromatic heterocycles. The van der Waals surface area contributed by atoms with Crippen LogP contribution in [-0.2, 0) is 4.79 Å². The van der Waals surface area contributed by atoms with Crippen molar-refractivity contribution in [2.45, 2.75) is 39.2 Å². The van der Waals surface area contributed by atoms with Gasteiger partial charge in [0.2, 0.25) is 5.91 Å². The lowest BCUT2D eigenvalue weighted by atomic mass is 10.1. The third-order valence-corrected chi connectivity index (χ3v) is 6.21. The van der Waals surface area contributed by atoms with E-state index >= 15 is 0 Å². The molecule has 0 spiro atoms. The maximum atomic E-state index is 12.8. The largest absolute Gasteiger partial charge is 0.354 e. The fourth-order valence-electron chi connectivity index (χ4n) is 4.48. The van der Waals surface area contributed by atoms with E-state index in [4.69, 9.17) is 4.98 Å². The maximum Gasteiger partial charge on any atom is 0.227 e. The van der Waals surface area contributed by atoms with E-state index in [1.165, 1.54) is 5.39 Å². The monoisotopic (exact) mass is 430 g/mol. The predicted molar refractivity (Wildman–Crippen MR) is 133 cm³/mol. The molecular weight excluding hydrogens is 396 g/mol. The normalized spacial score (nSPS) is 14.8. The van der Waals surface area contributed by atoms with Crippen molar-refractivity contribution in [3.8, 4) is 0 Å². The minimum Gasteiger partial charge on any atom is -0.354 e. The van der Waals surface area contributed by atoms with Crippen molar-refractivity contribution < 1.29 is 4.79 Å². The number of nitrogens with zero attached hydrogens (tertiary/aromatic N) is 4. The first-order chi connectivity index (χ1) is 15.6. The van der Waals surface area contributed by atoms with Crippen molar-refractivity contribution in [2.75, 3.05) is 42.5 Å². The van der Waals surface area contributed by atoms with Crippen molar-refractivity contribution in [3.05, 3.63) is 66.7 Å². The molecule has 1 aliphatic heterocycles. The van der Waals surface area contributed by atoms with Crippen LogP contribution in [-0.4, -0.2) is 54.6 Å². The van der Waals surface area contributed by atoms with Gasteiger partial charge in [0.05, 0.1) is 5.52 Å². The molecule has 0 bridgehead atoms. The summed E-state index contributed by atoms with van der Waals surface area (Å²) in [5, 5.41) is 1.19. The number of carbonyl (C=O) groups is 1. The number of piperazine rings is 1. The van der Waals surface area contributed by atoms with Gasteiger partial charge >= 0.3 is 0 Å². The number of anilines is 2. The van der Waals surface area contributed by atoms with Gasteiger partial charge < -0.3 is 9.80 Å². The van der Waals surface area contributed by atoms with Gasteiger partial charge in [-0.25, -0.2) is 4.98 Å². The van der Waals surface area contributed by atoms with Crippen molar-refractivity contribution in [1.29, 1.82) is 0 Å². The lowest BCUT2D eigenvalue weighted by Gasteiger charge is -2.35. The number of unbranched alkanes of at least 4 members (excludes halogenated alkanes) is 1. The number of amides is 1. The van der Waals surface area contributed by atoms with Crippen LogP contribution in [0, 0.1) is 0 Å². The Balaban J connectivity index is 1.21. The highest BCUT2D eigenvalue weighted by Gasteiger charge is 2.20. The summed E-state index contributed by atoms with van der Waals surface area (Å²) in [6, 6.07) is 22.8. The highest BCUT2D eigenvalue weighted by Crippen LogP contribution is 2.20. The summed E-state index contributed by atoms with van der Waals surface area (Å²) in [7, 11) is 0. The van der Waals surface area contributed by atoms with E-state index in [1.54, 1.807) is 0 Å². The van der Waals surface area contributed by atoms with Crippen LogP contribution in [0.5, 0.6) is 0 Å². The van der Waals surface area contributed by atoms with Gasteiger partial charge in [-0.3, -0.25) is 9.69 Å². The van der Waals surface area contributed by atoms with Gasteiger partial charge in [-0.15, -0.1) is 0 Å². The van der Waals surface area contributed by atoms with Crippen LogP contribution in [0.3, 0.4) is 0 Å². The number of fused-ring (bicyclic) bond motifs is 1. The number of para-hydroxylation sites is 2. The SMILES string of the molecule is CC(C)N(C(=O)CCCCN1CCN(c2ccc3ccccc3n2)CC1)c1ccccc1. The molecular formula is C27H34N4O. The van der Waals surface area contributed by atoms with E-state index in [9.17, 15) is 4.79 Å². The Morgan fingerprint density at radius 1 is 0.906 bits per heavy atom. The van der Waals surface area contributed by atoms with Gasteiger partial charge in [0.15, 0.2) is 0 Å². The van der Waals surface area contributed by atoms with Crippen LogP contribution in [0.15, 0.2) is 66.7 Å². The van der Waals surface area contributed by atoms with E-state index in [2.05, 4.69) is 54.0 Å². The van der Waals surface area contributed by atoms with Gasteiger partial charge in [0.25, 0.3) is 0 Å². The first-order valence-corrected chi connectivity index (χ1v) is 11.8. The molecule has 32 heavy (non-hydrogen) atoms. The van der Waals surface area contributed by atoms with Gasteiger partial charge in [0, 0.05) is 49.7 Å². The third kappa shape index (κ3) is 5.46. The molecule has 0 aliphatic carbocycles. The van der Waals surface area contributed by atoms with Crippen LogP contribution >= 0.6 is 0 Å². The predicted octanol–water partition coefficient (Wildman–Crippen LogP) is 4.97. The summed E-state index contributed by atoms with van der Waals surface area (Å²) in [5.74, 6) is 1.29. The van der Waals surface area contributed by atoms with E-state index in [-0.39, 0.29) is 11.9 Å². The van der Waals surface area contributed by atoms with E-state index in [0.717, 1.165) is 62.6 Å². The van der Waals surface area contributed by atoms with Crippen LogP contribution < -0.4 is 9.80 Å². The zero-order chi connectivity index (χ0) is 22.3. The molecule has 0 unspecified atom stereocenters. The first-order valence-electron chi connectivity index (χ1n) is 11.8. The first kappa shape index (κ1) is 22.3. The summed E-state index contributed by atoms with van der Waals surface area (Å²) in [6.45, 7) is 9.30. The van der Waals surface area contributed by atoms with E-state index in [1.807, 2.05) is 41.3 Å². The number of hydrogen-bond acceptors (Lipinski definition) is 4. The van der Waals surface area contributed by atoms with Crippen LogP contribution in [0.25, 0.3) is 10.9 Å². The van der Waals surface area contributed by atoms with Crippen molar-refractivity contribution in [1.82, 2.24) is 9.88 Å². The summed E-state index contributed by atoms with van der Waals surface area (Å²) in [5.41, 5.74) is 2.05. The lowest BCUT2D eigenvalue weighted by Crippen LogP contribution is -2.47. The summed E-state index contributed by atoms with van der Waals surface area (Å²) in [4.78, 5) is 24.5. The number of benzene rings is 2.